The van der Waals surface area contributed by atoms with Crippen LogP contribution in [0.15, 0.2) is 80.1 Å². The highest BCUT2D eigenvalue weighted by Crippen LogP contribution is 2.21. The minimum absolute atomic E-state index is 0.211. The van der Waals surface area contributed by atoms with E-state index in [0.717, 1.165) is 35.1 Å². The Labute approximate surface area is 221 Å². The van der Waals surface area contributed by atoms with Crippen molar-refractivity contribution in [2.24, 2.45) is 0 Å². The second kappa shape index (κ2) is 11.5. The van der Waals surface area contributed by atoms with Crippen LogP contribution < -0.4 is 22.5 Å². The van der Waals surface area contributed by atoms with Crippen molar-refractivity contribution in [1.29, 1.82) is 0 Å². The highest BCUT2D eigenvalue weighted by atomic mass is 16.2. The molecule has 4 aromatic rings. The summed E-state index contributed by atoms with van der Waals surface area (Å²) < 4.78 is 5.76. The summed E-state index contributed by atoms with van der Waals surface area (Å²) in [7, 11) is 0. The molecular formula is C30H34N4O4. The third-order valence-electron chi connectivity index (χ3n) is 6.67. The lowest BCUT2D eigenvalue weighted by Gasteiger charge is -2.12. The van der Waals surface area contributed by atoms with Crippen molar-refractivity contribution in [1.82, 2.24) is 18.3 Å². The van der Waals surface area contributed by atoms with Crippen molar-refractivity contribution < 1.29 is 0 Å². The van der Waals surface area contributed by atoms with E-state index in [1.807, 2.05) is 62.4 Å². The second-order valence-electron chi connectivity index (χ2n) is 9.75. The summed E-state index contributed by atoms with van der Waals surface area (Å²) in [5.74, 6) is 0. The average Bonchev–Trinajstić information content (AvgIpc) is 2.92. The number of hydrogen-bond donors (Lipinski definition) is 0. The molecule has 0 fully saturated rings. The maximum atomic E-state index is 12.8. The summed E-state index contributed by atoms with van der Waals surface area (Å²) in [6, 6.07) is 15.5. The van der Waals surface area contributed by atoms with Crippen molar-refractivity contribution in [3.8, 4) is 11.1 Å². The van der Waals surface area contributed by atoms with Gasteiger partial charge in [0.15, 0.2) is 0 Å². The summed E-state index contributed by atoms with van der Waals surface area (Å²) in [6.07, 6.45) is 4.88. The van der Waals surface area contributed by atoms with Gasteiger partial charge in [-0.2, -0.15) is 0 Å². The van der Waals surface area contributed by atoms with E-state index in [4.69, 9.17) is 0 Å². The number of rotatable bonds is 9. The van der Waals surface area contributed by atoms with Gasteiger partial charge in [-0.3, -0.25) is 18.7 Å². The molecule has 0 atom stereocenters. The van der Waals surface area contributed by atoms with E-state index >= 15 is 0 Å². The van der Waals surface area contributed by atoms with E-state index in [-0.39, 0.29) is 35.6 Å². The Morgan fingerprint density at radius 3 is 1.21 bits per heavy atom. The molecule has 2 aromatic carbocycles. The Kier molecular flexibility index (Phi) is 8.10. The fourth-order valence-electron chi connectivity index (χ4n) is 4.65. The third kappa shape index (κ3) is 5.54. The first kappa shape index (κ1) is 26.9. The van der Waals surface area contributed by atoms with Gasteiger partial charge in [-0.1, -0.05) is 62.4 Å². The Morgan fingerprint density at radius 1 is 0.553 bits per heavy atom. The number of benzene rings is 2. The molecular weight excluding hydrogens is 480 g/mol. The quantitative estimate of drug-likeness (QED) is 0.342. The molecule has 0 radical (unpaired) electrons. The molecule has 0 saturated carbocycles. The van der Waals surface area contributed by atoms with Gasteiger partial charge >= 0.3 is 11.4 Å². The number of aromatic nitrogens is 4. The molecule has 38 heavy (non-hydrogen) atoms. The van der Waals surface area contributed by atoms with E-state index < -0.39 is 0 Å². The Hall–Kier alpha value is -4.20. The number of aryl methyl sites for hydroxylation is 4. The molecule has 0 saturated heterocycles. The SMILES string of the molecule is CCCn1cc(C)c(=O)n(Cc2ccc(-c3ccc(Cn4c(=O)c(C)cn(CCC)c4=O)cc3)cc2)c1=O. The van der Waals surface area contributed by atoms with Crippen LogP contribution in [0.4, 0.5) is 0 Å². The summed E-state index contributed by atoms with van der Waals surface area (Å²) in [5.41, 5.74) is 3.66. The van der Waals surface area contributed by atoms with Gasteiger partial charge in [0.2, 0.25) is 0 Å². The molecule has 0 unspecified atom stereocenters. The standard InChI is InChI=1S/C30H34N4O4/c1-5-15-31-17-21(3)27(35)33(29(31)37)19-23-7-11-25(12-8-23)26-13-9-24(10-14-26)20-34-28(36)22(4)18-32(16-6-2)30(34)38/h7-14,17-18H,5-6,15-16,19-20H2,1-4H3. The topological polar surface area (TPSA) is 88.0 Å². The molecule has 198 valence electrons. The fraction of sp³-hybridized carbons (Fsp3) is 0.333. The fourth-order valence-corrected chi connectivity index (χ4v) is 4.65. The molecule has 8 nitrogen and oxygen atoms in total. The van der Waals surface area contributed by atoms with Crippen LogP contribution in [0.5, 0.6) is 0 Å². The molecule has 8 heteroatoms. The Bertz CT molecular complexity index is 1540. The van der Waals surface area contributed by atoms with E-state index in [1.54, 1.807) is 35.4 Å². The first-order valence-corrected chi connectivity index (χ1v) is 13.0. The summed E-state index contributed by atoms with van der Waals surface area (Å²) in [6.45, 7) is 9.01. The molecule has 2 aromatic heterocycles. The molecule has 4 rings (SSSR count). The van der Waals surface area contributed by atoms with Gasteiger partial charge in [-0.25, -0.2) is 9.59 Å². The molecule has 0 bridgehead atoms. The minimum Gasteiger partial charge on any atom is -0.300 e. The van der Waals surface area contributed by atoms with Crippen LogP contribution in [0.1, 0.15) is 48.9 Å². The van der Waals surface area contributed by atoms with Crippen LogP contribution in [0, 0.1) is 13.8 Å². The lowest BCUT2D eigenvalue weighted by Crippen LogP contribution is -2.40. The van der Waals surface area contributed by atoms with Gasteiger partial charge in [0.25, 0.3) is 11.1 Å². The van der Waals surface area contributed by atoms with E-state index in [1.165, 1.54) is 9.13 Å². The van der Waals surface area contributed by atoms with Crippen molar-refractivity contribution in [3.63, 3.8) is 0 Å². The maximum Gasteiger partial charge on any atom is 0.331 e. The molecule has 0 N–H and O–H groups in total. The Morgan fingerprint density at radius 2 is 0.895 bits per heavy atom. The van der Waals surface area contributed by atoms with E-state index in [9.17, 15) is 19.2 Å². The zero-order chi connectivity index (χ0) is 27.4. The van der Waals surface area contributed by atoms with Crippen LogP contribution in [0.2, 0.25) is 0 Å². The summed E-state index contributed by atoms with van der Waals surface area (Å²) >= 11 is 0. The molecule has 0 spiro atoms. The smallest absolute Gasteiger partial charge is 0.300 e. The van der Waals surface area contributed by atoms with Crippen molar-refractivity contribution >= 4 is 0 Å². The maximum absolute atomic E-state index is 12.8. The van der Waals surface area contributed by atoms with Crippen molar-refractivity contribution in [3.05, 3.63) is 125 Å². The molecule has 0 aliphatic carbocycles. The van der Waals surface area contributed by atoms with E-state index in [2.05, 4.69) is 0 Å². The van der Waals surface area contributed by atoms with Gasteiger partial charge in [0.05, 0.1) is 13.1 Å². The van der Waals surface area contributed by atoms with E-state index in [0.29, 0.717) is 24.2 Å². The lowest BCUT2D eigenvalue weighted by atomic mass is 10.0. The monoisotopic (exact) mass is 514 g/mol. The van der Waals surface area contributed by atoms with Crippen LogP contribution >= 0.6 is 0 Å². The summed E-state index contributed by atoms with van der Waals surface area (Å²) in [5, 5.41) is 0. The van der Waals surface area contributed by atoms with Gasteiger partial charge < -0.3 is 9.13 Å². The largest absolute Gasteiger partial charge is 0.331 e. The van der Waals surface area contributed by atoms with Crippen LogP contribution in [-0.2, 0) is 26.2 Å². The molecule has 0 aliphatic heterocycles. The Balaban J connectivity index is 1.54. The molecule has 0 amide bonds. The number of hydrogen-bond acceptors (Lipinski definition) is 4. The average molecular weight is 515 g/mol. The van der Waals surface area contributed by atoms with Crippen LogP contribution in [0.3, 0.4) is 0 Å². The van der Waals surface area contributed by atoms with Crippen LogP contribution in [-0.4, -0.2) is 18.3 Å². The molecule has 2 heterocycles. The number of nitrogens with zero attached hydrogens (tertiary/aromatic N) is 4. The van der Waals surface area contributed by atoms with Gasteiger partial charge in [-0.15, -0.1) is 0 Å². The predicted molar refractivity (Wildman–Crippen MR) is 150 cm³/mol. The molecule has 0 aliphatic rings. The lowest BCUT2D eigenvalue weighted by molar-refractivity contribution is 0.566. The first-order valence-electron chi connectivity index (χ1n) is 13.0. The highest BCUT2D eigenvalue weighted by Gasteiger charge is 2.11. The predicted octanol–water partition coefficient (Wildman–Crippen LogP) is 3.53. The zero-order valence-electron chi connectivity index (χ0n) is 22.4. The van der Waals surface area contributed by atoms with Gasteiger partial charge in [-0.05, 0) is 48.9 Å². The van der Waals surface area contributed by atoms with Gasteiger partial charge in [0.1, 0.15) is 0 Å². The van der Waals surface area contributed by atoms with Gasteiger partial charge in [0, 0.05) is 36.6 Å². The highest BCUT2D eigenvalue weighted by molar-refractivity contribution is 5.64. The first-order chi connectivity index (χ1) is 18.2. The third-order valence-corrected chi connectivity index (χ3v) is 6.67. The normalized spacial score (nSPS) is 11.2. The second-order valence-corrected chi connectivity index (χ2v) is 9.75. The van der Waals surface area contributed by atoms with Crippen molar-refractivity contribution in [2.75, 3.05) is 0 Å². The van der Waals surface area contributed by atoms with Crippen molar-refractivity contribution in [2.45, 2.75) is 66.7 Å². The van der Waals surface area contributed by atoms with Crippen LogP contribution in [0.25, 0.3) is 11.1 Å². The summed E-state index contributed by atoms with van der Waals surface area (Å²) in [4.78, 5) is 50.8. The zero-order valence-corrected chi connectivity index (χ0v) is 22.4. The minimum atomic E-state index is -0.295.